The second-order valence-corrected chi connectivity index (χ2v) is 6.10. The van der Waals surface area contributed by atoms with E-state index in [2.05, 4.69) is 22.1 Å². The maximum atomic E-state index is 12.2. The number of rotatable bonds is 2. The summed E-state index contributed by atoms with van der Waals surface area (Å²) in [6.07, 6.45) is 2.96. The predicted octanol–water partition coefficient (Wildman–Crippen LogP) is 2.43. The number of hydrogen-bond donors (Lipinski definition) is 1. The fourth-order valence-corrected chi connectivity index (χ4v) is 3.57. The second kappa shape index (κ2) is 5.92. The van der Waals surface area contributed by atoms with E-state index in [-0.39, 0.29) is 6.03 Å². The van der Waals surface area contributed by atoms with Gasteiger partial charge in [-0.25, -0.2) is 4.79 Å². The lowest BCUT2D eigenvalue weighted by atomic mass is 10.0. The number of thiophene rings is 1. The van der Waals surface area contributed by atoms with Gasteiger partial charge in [0.15, 0.2) is 0 Å². The summed E-state index contributed by atoms with van der Waals surface area (Å²) in [6.45, 7) is 3.26. The van der Waals surface area contributed by atoms with Crippen LogP contribution < -0.4 is 5.32 Å². The Morgan fingerprint density at radius 1 is 1.37 bits per heavy atom. The second-order valence-electron chi connectivity index (χ2n) is 5.32. The number of nitrogens with one attached hydrogen (secondary N) is 1. The molecule has 1 aromatic rings. The van der Waals surface area contributed by atoms with E-state index < -0.39 is 0 Å². The Morgan fingerprint density at radius 2 is 2.21 bits per heavy atom. The summed E-state index contributed by atoms with van der Waals surface area (Å²) < 4.78 is 5.31. The minimum atomic E-state index is 0.102. The monoisotopic (exact) mass is 280 g/mol. The molecule has 2 aliphatic heterocycles. The van der Waals surface area contributed by atoms with Crippen molar-refractivity contribution in [2.75, 3.05) is 26.3 Å². The highest BCUT2D eigenvalue weighted by Crippen LogP contribution is 2.28. The van der Waals surface area contributed by atoms with Gasteiger partial charge in [-0.1, -0.05) is 0 Å². The molecule has 1 aromatic heterocycles. The highest BCUT2D eigenvalue weighted by molar-refractivity contribution is 7.07. The van der Waals surface area contributed by atoms with E-state index in [1.807, 2.05) is 4.90 Å². The molecule has 0 radical (unpaired) electrons. The summed E-state index contributed by atoms with van der Waals surface area (Å²) in [7, 11) is 0. The minimum absolute atomic E-state index is 0.102. The van der Waals surface area contributed by atoms with Crippen LogP contribution in [0.1, 0.15) is 30.7 Å². The Kier molecular flexibility index (Phi) is 4.03. The van der Waals surface area contributed by atoms with Crippen LogP contribution in [0.25, 0.3) is 0 Å². The number of carbonyl (C=O) groups excluding carboxylic acids is 1. The summed E-state index contributed by atoms with van der Waals surface area (Å²) >= 11 is 1.73. The molecule has 0 aliphatic carbocycles. The van der Waals surface area contributed by atoms with Crippen LogP contribution in [0.15, 0.2) is 16.8 Å². The molecule has 2 aliphatic rings. The summed E-state index contributed by atoms with van der Waals surface area (Å²) in [4.78, 5) is 14.2. The van der Waals surface area contributed by atoms with Crippen molar-refractivity contribution in [3.63, 3.8) is 0 Å². The van der Waals surface area contributed by atoms with Crippen LogP contribution in [-0.2, 0) is 4.74 Å². The van der Waals surface area contributed by atoms with Crippen molar-refractivity contribution in [3.8, 4) is 0 Å². The molecule has 4 nitrogen and oxygen atoms in total. The molecular weight excluding hydrogens is 260 g/mol. The molecule has 5 heteroatoms. The Morgan fingerprint density at radius 3 is 2.95 bits per heavy atom. The van der Waals surface area contributed by atoms with Crippen molar-refractivity contribution < 1.29 is 9.53 Å². The van der Waals surface area contributed by atoms with E-state index in [4.69, 9.17) is 4.74 Å². The third kappa shape index (κ3) is 3.09. The fourth-order valence-electron chi connectivity index (χ4n) is 2.83. The first-order valence-corrected chi connectivity index (χ1v) is 7.92. The van der Waals surface area contributed by atoms with Crippen molar-refractivity contribution in [2.45, 2.75) is 31.2 Å². The SMILES string of the molecule is O=C(NC1CCOCC1)N1CC[C@H](c2ccsc2)C1. The Labute approximate surface area is 117 Å². The minimum Gasteiger partial charge on any atom is -0.381 e. The van der Waals surface area contributed by atoms with Gasteiger partial charge >= 0.3 is 6.03 Å². The van der Waals surface area contributed by atoms with Gasteiger partial charge in [-0.15, -0.1) is 0 Å². The molecule has 3 rings (SSSR count). The number of nitrogens with zero attached hydrogens (tertiary/aromatic N) is 1. The van der Waals surface area contributed by atoms with Crippen molar-refractivity contribution >= 4 is 17.4 Å². The molecular formula is C14H20N2O2S. The summed E-state index contributed by atoms with van der Waals surface area (Å²) in [5.41, 5.74) is 1.38. The first-order chi connectivity index (χ1) is 9.33. The number of likely N-dealkylation sites (tertiary alicyclic amines) is 1. The molecule has 3 heterocycles. The van der Waals surface area contributed by atoms with Crippen molar-refractivity contribution in [1.82, 2.24) is 10.2 Å². The van der Waals surface area contributed by atoms with Gasteiger partial charge in [-0.05, 0) is 41.7 Å². The van der Waals surface area contributed by atoms with Crippen LogP contribution >= 0.6 is 11.3 Å². The van der Waals surface area contributed by atoms with Gasteiger partial charge in [0.25, 0.3) is 0 Å². The smallest absolute Gasteiger partial charge is 0.317 e. The fraction of sp³-hybridized carbons (Fsp3) is 0.643. The van der Waals surface area contributed by atoms with Gasteiger partial charge in [-0.2, -0.15) is 11.3 Å². The van der Waals surface area contributed by atoms with Crippen LogP contribution in [0.5, 0.6) is 0 Å². The molecule has 0 spiro atoms. The number of ether oxygens (including phenoxy) is 1. The Balaban J connectivity index is 1.51. The van der Waals surface area contributed by atoms with E-state index in [1.165, 1.54) is 5.56 Å². The topological polar surface area (TPSA) is 41.6 Å². The first kappa shape index (κ1) is 12.9. The summed E-state index contributed by atoms with van der Waals surface area (Å²) in [5, 5.41) is 7.45. The van der Waals surface area contributed by atoms with Gasteiger partial charge in [0.1, 0.15) is 0 Å². The standard InChI is InChI=1S/C14H20N2O2S/c17-14(15-13-2-6-18-7-3-13)16-5-1-11(9-16)12-4-8-19-10-12/h4,8,10-11,13H,1-3,5-7,9H2,(H,15,17)/t11-/m0/s1. The van der Waals surface area contributed by atoms with Gasteiger partial charge in [0, 0.05) is 38.3 Å². The lowest BCUT2D eigenvalue weighted by Crippen LogP contribution is -2.45. The molecule has 0 saturated carbocycles. The van der Waals surface area contributed by atoms with Crippen LogP contribution in [0.3, 0.4) is 0 Å². The third-order valence-electron chi connectivity index (χ3n) is 4.04. The molecule has 0 aromatic carbocycles. The van der Waals surface area contributed by atoms with Gasteiger partial charge < -0.3 is 15.0 Å². The number of hydrogen-bond acceptors (Lipinski definition) is 3. The van der Waals surface area contributed by atoms with Gasteiger partial charge in [0.2, 0.25) is 0 Å². The van der Waals surface area contributed by atoms with Crippen molar-refractivity contribution in [1.29, 1.82) is 0 Å². The molecule has 1 N–H and O–H groups in total. The first-order valence-electron chi connectivity index (χ1n) is 6.98. The maximum Gasteiger partial charge on any atom is 0.317 e. The summed E-state index contributed by atoms with van der Waals surface area (Å²) in [5.74, 6) is 0.520. The molecule has 2 amide bonds. The van der Waals surface area contributed by atoms with E-state index in [0.717, 1.165) is 45.6 Å². The van der Waals surface area contributed by atoms with Crippen LogP contribution in [0, 0.1) is 0 Å². The van der Waals surface area contributed by atoms with Crippen molar-refractivity contribution in [2.24, 2.45) is 0 Å². The number of carbonyl (C=O) groups is 1. The largest absolute Gasteiger partial charge is 0.381 e. The van der Waals surface area contributed by atoms with Crippen LogP contribution in [0.2, 0.25) is 0 Å². The van der Waals surface area contributed by atoms with Gasteiger partial charge in [0.05, 0.1) is 0 Å². The highest BCUT2D eigenvalue weighted by atomic mass is 32.1. The molecule has 1 atom stereocenters. The maximum absolute atomic E-state index is 12.2. The van der Waals surface area contributed by atoms with E-state index in [1.54, 1.807) is 11.3 Å². The Bertz CT molecular complexity index is 415. The van der Waals surface area contributed by atoms with E-state index >= 15 is 0 Å². The van der Waals surface area contributed by atoms with Crippen LogP contribution in [0.4, 0.5) is 4.79 Å². The zero-order valence-electron chi connectivity index (χ0n) is 11.0. The van der Waals surface area contributed by atoms with Crippen molar-refractivity contribution in [3.05, 3.63) is 22.4 Å². The lowest BCUT2D eigenvalue weighted by Gasteiger charge is -2.26. The molecule has 2 saturated heterocycles. The van der Waals surface area contributed by atoms with E-state index in [0.29, 0.717) is 12.0 Å². The summed E-state index contributed by atoms with van der Waals surface area (Å²) in [6, 6.07) is 2.57. The molecule has 0 bridgehead atoms. The Hall–Kier alpha value is -1.07. The highest BCUT2D eigenvalue weighted by Gasteiger charge is 2.28. The van der Waals surface area contributed by atoms with Crippen LogP contribution in [-0.4, -0.2) is 43.3 Å². The zero-order valence-corrected chi connectivity index (χ0v) is 11.8. The average Bonchev–Trinajstić information content (AvgIpc) is 3.11. The molecule has 0 unspecified atom stereocenters. The zero-order chi connectivity index (χ0) is 13.1. The average molecular weight is 280 g/mol. The number of urea groups is 1. The number of amides is 2. The predicted molar refractivity (Wildman–Crippen MR) is 75.6 cm³/mol. The molecule has 19 heavy (non-hydrogen) atoms. The van der Waals surface area contributed by atoms with Gasteiger partial charge in [-0.3, -0.25) is 0 Å². The molecule has 104 valence electrons. The van der Waals surface area contributed by atoms with E-state index in [9.17, 15) is 4.79 Å². The molecule has 2 fully saturated rings. The third-order valence-corrected chi connectivity index (χ3v) is 4.74. The normalized spacial score (nSPS) is 24.6. The quantitative estimate of drug-likeness (QED) is 0.904. The lowest BCUT2D eigenvalue weighted by molar-refractivity contribution is 0.0785.